The second-order valence-corrected chi connectivity index (χ2v) is 6.69. The number of amides is 1. The molecule has 0 saturated heterocycles. The topological polar surface area (TPSA) is 97.1 Å². The number of halogens is 3. The first-order valence-corrected chi connectivity index (χ1v) is 8.06. The third kappa shape index (κ3) is 4.83. The van der Waals surface area contributed by atoms with Crippen LogP contribution in [0.3, 0.4) is 0 Å². The van der Waals surface area contributed by atoms with Gasteiger partial charge in [0.2, 0.25) is 0 Å². The molecule has 1 aromatic carbocycles. The summed E-state index contributed by atoms with van der Waals surface area (Å²) in [5.41, 5.74) is -1.92. The summed E-state index contributed by atoms with van der Waals surface area (Å²) >= 11 is 0. The van der Waals surface area contributed by atoms with Gasteiger partial charge in [0.25, 0.3) is 5.91 Å². The zero-order valence-corrected chi connectivity index (χ0v) is 14.9. The quantitative estimate of drug-likeness (QED) is 0.798. The molecule has 0 radical (unpaired) electrons. The number of nitrogens with one attached hydrogen (secondary N) is 1. The Hall–Kier alpha value is -2.91. The number of nitrogens with zero attached hydrogens (tertiary/aromatic N) is 3. The molecule has 0 aliphatic heterocycles. The van der Waals surface area contributed by atoms with Crippen LogP contribution in [0.2, 0.25) is 0 Å². The van der Waals surface area contributed by atoms with Gasteiger partial charge in [0.15, 0.2) is 5.69 Å². The average molecular weight is 384 g/mol. The van der Waals surface area contributed by atoms with Gasteiger partial charge in [-0.2, -0.15) is 13.2 Å². The molecule has 1 heterocycles. The van der Waals surface area contributed by atoms with Gasteiger partial charge < -0.3 is 10.4 Å². The lowest BCUT2D eigenvalue weighted by Crippen LogP contribution is -2.51. The van der Waals surface area contributed by atoms with E-state index in [2.05, 4.69) is 15.6 Å². The van der Waals surface area contributed by atoms with E-state index >= 15 is 0 Å². The highest BCUT2D eigenvalue weighted by Gasteiger charge is 2.34. The first kappa shape index (κ1) is 20.4. The number of rotatable bonds is 6. The van der Waals surface area contributed by atoms with Crippen molar-refractivity contribution in [1.29, 1.82) is 0 Å². The summed E-state index contributed by atoms with van der Waals surface area (Å²) in [6, 6.07) is 4.43. The molecule has 2 N–H and O–H groups in total. The highest BCUT2D eigenvalue weighted by atomic mass is 19.4. The van der Waals surface area contributed by atoms with E-state index in [0.717, 1.165) is 16.8 Å². The van der Waals surface area contributed by atoms with Crippen molar-refractivity contribution in [3.05, 3.63) is 41.7 Å². The van der Waals surface area contributed by atoms with Gasteiger partial charge in [-0.1, -0.05) is 25.1 Å². The standard InChI is InChI=1S/C17H19F3N4O3/c1-10(2)16(3,8-14(25)26)21-15(27)13-9-24(23-22-13)12-6-4-5-11(7-12)17(18,19)20/h4-7,9-10H,8H2,1-3H3,(H,21,27)(H,25,26). The summed E-state index contributed by atoms with van der Waals surface area (Å²) in [4.78, 5) is 23.5. The number of carbonyl (C=O) groups is 2. The summed E-state index contributed by atoms with van der Waals surface area (Å²) < 4.78 is 39.5. The van der Waals surface area contributed by atoms with Crippen LogP contribution in [0.15, 0.2) is 30.5 Å². The predicted octanol–water partition coefficient (Wildman–Crippen LogP) is 2.91. The number of hydrogen-bond donors (Lipinski definition) is 2. The molecule has 1 atom stereocenters. The molecule has 7 nitrogen and oxygen atoms in total. The van der Waals surface area contributed by atoms with Gasteiger partial charge >= 0.3 is 12.1 Å². The van der Waals surface area contributed by atoms with Gasteiger partial charge in [-0.05, 0) is 31.0 Å². The Morgan fingerprint density at radius 3 is 2.52 bits per heavy atom. The number of benzene rings is 1. The van der Waals surface area contributed by atoms with E-state index in [-0.39, 0.29) is 23.7 Å². The maximum absolute atomic E-state index is 12.8. The van der Waals surface area contributed by atoms with Gasteiger partial charge in [0.1, 0.15) is 0 Å². The minimum atomic E-state index is -4.51. The lowest BCUT2D eigenvalue weighted by molar-refractivity contribution is -0.139. The van der Waals surface area contributed by atoms with E-state index in [1.807, 2.05) is 0 Å². The molecule has 1 unspecified atom stereocenters. The number of carbonyl (C=O) groups excluding carboxylic acids is 1. The first-order chi connectivity index (χ1) is 12.4. The Bertz CT molecular complexity index is 848. The summed E-state index contributed by atoms with van der Waals surface area (Å²) in [7, 11) is 0. The second-order valence-electron chi connectivity index (χ2n) is 6.69. The maximum Gasteiger partial charge on any atom is 0.416 e. The summed E-state index contributed by atoms with van der Waals surface area (Å²) in [5, 5.41) is 19.0. The van der Waals surface area contributed by atoms with Crippen molar-refractivity contribution in [2.45, 2.75) is 38.9 Å². The first-order valence-electron chi connectivity index (χ1n) is 8.06. The summed E-state index contributed by atoms with van der Waals surface area (Å²) in [6.07, 6.45) is -3.61. The van der Waals surface area contributed by atoms with Crippen LogP contribution >= 0.6 is 0 Å². The monoisotopic (exact) mass is 384 g/mol. The largest absolute Gasteiger partial charge is 0.481 e. The highest BCUT2D eigenvalue weighted by molar-refractivity contribution is 5.92. The molecule has 27 heavy (non-hydrogen) atoms. The smallest absolute Gasteiger partial charge is 0.416 e. The molecule has 1 aromatic heterocycles. The molecule has 0 fully saturated rings. The molecule has 0 bridgehead atoms. The summed E-state index contributed by atoms with van der Waals surface area (Å²) in [6.45, 7) is 5.13. The molecule has 146 valence electrons. The fourth-order valence-corrected chi connectivity index (χ4v) is 2.35. The Balaban J connectivity index is 2.25. The number of carboxylic acid groups (broad SMARTS) is 1. The van der Waals surface area contributed by atoms with Gasteiger partial charge in [-0.25, -0.2) is 4.68 Å². The Morgan fingerprint density at radius 2 is 1.96 bits per heavy atom. The number of alkyl halides is 3. The Morgan fingerprint density at radius 1 is 1.30 bits per heavy atom. The molecule has 0 spiro atoms. The number of hydrogen-bond acceptors (Lipinski definition) is 4. The second kappa shape index (κ2) is 7.37. The SMILES string of the molecule is CC(C)C(C)(CC(=O)O)NC(=O)c1cn(-c2cccc(C(F)(F)F)c2)nn1. The van der Waals surface area contributed by atoms with Crippen LogP contribution in [0, 0.1) is 5.92 Å². The van der Waals surface area contributed by atoms with Gasteiger partial charge in [-0.3, -0.25) is 9.59 Å². The third-order valence-electron chi connectivity index (χ3n) is 4.36. The van der Waals surface area contributed by atoms with Crippen LogP contribution < -0.4 is 5.32 Å². The highest BCUT2D eigenvalue weighted by Crippen LogP contribution is 2.30. The van der Waals surface area contributed by atoms with Crippen LogP contribution in [0.25, 0.3) is 5.69 Å². The zero-order valence-electron chi connectivity index (χ0n) is 14.9. The zero-order chi connectivity index (χ0) is 20.4. The third-order valence-corrected chi connectivity index (χ3v) is 4.36. The van der Waals surface area contributed by atoms with E-state index in [0.29, 0.717) is 0 Å². The van der Waals surface area contributed by atoms with Crippen LogP contribution in [0.4, 0.5) is 13.2 Å². The van der Waals surface area contributed by atoms with E-state index < -0.39 is 29.2 Å². The van der Waals surface area contributed by atoms with Crippen LogP contribution in [0.1, 0.15) is 43.2 Å². The van der Waals surface area contributed by atoms with Crippen molar-refractivity contribution >= 4 is 11.9 Å². The lowest BCUT2D eigenvalue weighted by Gasteiger charge is -2.33. The Labute approximate surface area is 153 Å². The minimum absolute atomic E-state index is 0.0912. The van der Waals surface area contributed by atoms with E-state index in [1.54, 1.807) is 20.8 Å². The predicted molar refractivity (Wildman–Crippen MR) is 89.3 cm³/mol. The fourth-order valence-electron chi connectivity index (χ4n) is 2.35. The van der Waals surface area contributed by atoms with E-state index in [1.165, 1.54) is 18.3 Å². The fraction of sp³-hybridized carbons (Fsp3) is 0.412. The molecule has 1 amide bonds. The van der Waals surface area contributed by atoms with Crippen molar-refractivity contribution < 1.29 is 27.9 Å². The van der Waals surface area contributed by atoms with Crippen molar-refractivity contribution in [1.82, 2.24) is 20.3 Å². The van der Waals surface area contributed by atoms with Crippen LogP contribution in [-0.4, -0.2) is 37.5 Å². The van der Waals surface area contributed by atoms with Crippen LogP contribution in [0.5, 0.6) is 0 Å². The van der Waals surface area contributed by atoms with Gasteiger partial charge in [0.05, 0.1) is 29.4 Å². The lowest BCUT2D eigenvalue weighted by atomic mass is 9.85. The molecule has 10 heteroatoms. The number of aromatic nitrogens is 3. The van der Waals surface area contributed by atoms with Crippen molar-refractivity contribution in [3.63, 3.8) is 0 Å². The van der Waals surface area contributed by atoms with Crippen molar-refractivity contribution in [2.75, 3.05) is 0 Å². The minimum Gasteiger partial charge on any atom is -0.481 e. The molecule has 0 aliphatic rings. The molecule has 0 saturated carbocycles. The molecule has 2 rings (SSSR count). The van der Waals surface area contributed by atoms with Crippen molar-refractivity contribution in [2.24, 2.45) is 5.92 Å². The van der Waals surface area contributed by atoms with Crippen molar-refractivity contribution in [3.8, 4) is 5.69 Å². The summed E-state index contributed by atoms with van der Waals surface area (Å²) in [5.74, 6) is -1.92. The number of carboxylic acids is 1. The molecular formula is C17H19F3N4O3. The van der Waals surface area contributed by atoms with Crippen LogP contribution in [-0.2, 0) is 11.0 Å². The molecule has 0 aliphatic carbocycles. The molecule has 2 aromatic rings. The maximum atomic E-state index is 12.8. The van der Waals surface area contributed by atoms with Gasteiger partial charge in [-0.15, -0.1) is 5.10 Å². The number of aliphatic carboxylic acids is 1. The van der Waals surface area contributed by atoms with Gasteiger partial charge in [0, 0.05) is 0 Å². The van der Waals surface area contributed by atoms with E-state index in [9.17, 15) is 22.8 Å². The molecular weight excluding hydrogens is 365 g/mol. The average Bonchev–Trinajstić information content (AvgIpc) is 3.03. The Kier molecular flexibility index (Phi) is 5.57. The van der Waals surface area contributed by atoms with E-state index in [4.69, 9.17) is 5.11 Å². The normalized spacial score (nSPS) is 14.0.